The highest BCUT2D eigenvalue weighted by molar-refractivity contribution is 7.99. The first kappa shape index (κ1) is 12.7. The van der Waals surface area contributed by atoms with Gasteiger partial charge in [0.05, 0.1) is 18.5 Å². The van der Waals surface area contributed by atoms with Crippen LogP contribution in [-0.2, 0) is 4.79 Å². The van der Waals surface area contributed by atoms with Crippen molar-refractivity contribution < 1.29 is 15.0 Å². The van der Waals surface area contributed by atoms with Gasteiger partial charge >= 0.3 is 0 Å². The molecular formula is C8H17NO3S. The maximum atomic E-state index is 11.0. The molecule has 0 fully saturated rings. The molecular weight excluding hydrogens is 190 g/mol. The zero-order chi connectivity index (χ0) is 10.3. The number of amides is 1. The Balaban J connectivity index is 3.37. The van der Waals surface area contributed by atoms with Crippen LogP contribution in [0.15, 0.2) is 0 Å². The fourth-order valence-corrected chi connectivity index (χ4v) is 1.47. The van der Waals surface area contributed by atoms with Crippen LogP contribution in [0.5, 0.6) is 0 Å². The van der Waals surface area contributed by atoms with Gasteiger partial charge < -0.3 is 15.5 Å². The average Bonchev–Trinajstić information content (AvgIpc) is 2.02. The third-order valence-corrected chi connectivity index (χ3v) is 2.29. The summed E-state index contributed by atoms with van der Waals surface area (Å²) in [6.45, 7) is 3.54. The van der Waals surface area contributed by atoms with Crippen molar-refractivity contribution >= 4 is 17.7 Å². The van der Waals surface area contributed by atoms with Crippen LogP contribution in [0.1, 0.15) is 13.8 Å². The lowest BCUT2D eigenvalue weighted by atomic mass is 10.4. The molecule has 5 heteroatoms. The summed E-state index contributed by atoms with van der Waals surface area (Å²) in [5.41, 5.74) is 0. The Morgan fingerprint density at radius 1 is 1.54 bits per heavy atom. The number of thioether (sulfide) groups is 1. The Labute approximate surface area is 82.7 Å². The molecule has 0 heterocycles. The molecule has 0 aliphatic rings. The van der Waals surface area contributed by atoms with Crippen molar-refractivity contribution in [3.8, 4) is 0 Å². The van der Waals surface area contributed by atoms with Crippen molar-refractivity contribution in [3.63, 3.8) is 0 Å². The van der Waals surface area contributed by atoms with E-state index in [1.165, 1.54) is 11.8 Å². The lowest BCUT2D eigenvalue weighted by molar-refractivity contribution is -0.119. The lowest BCUT2D eigenvalue weighted by Gasteiger charge is -2.09. The molecule has 0 aliphatic heterocycles. The Morgan fingerprint density at radius 2 is 2.15 bits per heavy atom. The Bertz CT molecular complexity index is 152. The van der Waals surface area contributed by atoms with Gasteiger partial charge in [0.25, 0.3) is 0 Å². The third-order valence-electron chi connectivity index (χ3n) is 1.20. The Morgan fingerprint density at radius 3 is 2.62 bits per heavy atom. The smallest absolute Gasteiger partial charge is 0.230 e. The van der Waals surface area contributed by atoms with E-state index in [2.05, 4.69) is 5.32 Å². The molecule has 0 aromatic heterocycles. The van der Waals surface area contributed by atoms with Crippen LogP contribution in [-0.4, -0.2) is 46.4 Å². The predicted octanol–water partition coefficient (Wildman–Crippen LogP) is -0.403. The number of carbonyl (C=O) groups is 1. The van der Waals surface area contributed by atoms with Crippen molar-refractivity contribution in [2.75, 3.05) is 18.1 Å². The molecule has 0 aliphatic carbocycles. The fraction of sp³-hybridized carbons (Fsp3) is 0.875. The Hall–Kier alpha value is -0.260. The zero-order valence-corrected chi connectivity index (χ0v) is 8.80. The van der Waals surface area contributed by atoms with Crippen LogP contribution in [0.2, 0.25) is 0 Å². The fourth-order valence-electron chi connectivity index (χ4n) is 0.704. The third kappa shape index (κ3) is 8.08. The molecule has 0 aromatic carbocycles. The van der Waals surface area contributed by atoms with Gasteiger partial charge in [0, 0.05) is 11.8 Å². The molecule has 13 heavy (non-hydrogen) atoms. The summed E-state index contributed by atoms with van der Waals surface area (Å²) >= 11 is 1.31. The average molecular weight is 207 g/mol. The second kappa shape index (κ2) is 7.17. The summed E-state index contributed by atoms with van der Waals surface area (Å²) in [7, 11) is 0. The molecule has 1 unspecified atom stereocenters. The number of rotatable bonds is 6. The van der Waals surface area contributed by atoms with E-state index in [-0.39, 0.29) is 18.6 Å². The summed E-state index contributed by atoms with van der Waals surface area (Å²) in [6.07, 6.45) is -0.725. The van der Waals surface area contributed by atoms with Gasteiger partial charge in [-0.1, -0.05) is 0 Å². The van der Waals surface area contributed by atoms with Gasteiger partial charge in [-0.25, -0.2) is 0 Å². The molecule has 78 valence electrons. The predicted molar refractivity (Wildman–Crippen MR) is 53.7 cm³/mol. The summed E-state index contributed by atoms with van der Waals surface area (Å²) in [5, 5.41) is 20.2. The van der Waals surface area contributed by atoms with E-state index in [0.29, 0.717) is 11.5 Å². The zero-order valence-electron chi connectivity index (χ0n) is 7.99. The van der Waals surface area contributed by atoms with Gasteiger partial charge in [-0.15, -0.1) is 11.8 Å². The van der Waals surface area contributed by atoms with Crippen molar-refractivity contribution in [2.45, 2.75) is 26.0 Å². The van der Waals surface area contributed by atoms with Crippen molar-refractivity contribution in [3.05, 3.63) is 0 Å². The van der Waals surface area contributed by atoms with Crippen LogP contribution < -0.4 is 5.32 Å². The number of hydrogen-bond acceptors (Lipinski definition) is 4. The number of nitrogens with one attached hydrogen (secondary N) is 1. The van der Waals surface area contributed by atoms with E-state index in [1.807, 2.05) is 13.8 Å². The normalized spacial score (nSPS) is 13.0. The van der Waals surface area contributed by atoms with Gasteiger partial charge in [-0.2, -0.15) is 0 Å². The maximum absolute atomic E-state index is 11.0. The van der Waals surface area contributed by atoms with Crippen LogP contribution >= 0.6 is 11.8 Å². The van der Waals surface area contributed by atoms with E-state index in [4.69, 9.17) is 10.2 Å². The van der Waals surface area contributed by atoms with Gasteiger partial charge in [-0.3, -0.25) is 4.79 Å². The number of hydrogen-bond donors (Lipinski definition) is 3. The monoisotopic (exact) mass is 207 g/mol. The highest BCUT2D eigenvalue weighted by Gasteiger charge is 2.06. The molecule has 0 rings (SSSR count). The first-order chi connectivity index (χ1) is 6.06. The van der Waals surface area contributed by atoms with Gasteiger partial charge in [0.2, 0.25) is 5.91 Å². The molecule has 0 bridgehead atoms. The SMILES string of the molecule is CC(C)NC(=O)CSCC(O)CO. The first-order valence-electron chi connectivity index (χ1n) is 4.22. The summed E-state index contributed by atoms with van der Waals surface area (Å²) in [6, 6.07) is 0.149. The molecule has 4 nitrogen and oxygen atoms in total. The van der Waals surface area contributed by atoms with E-state index >= 15 is 0 Å². The molecule has 0 saturated carbocycles. The second-order valence-electron chi connectivity index (χ2n) is 3.07. The van der Waals surface area contributed by atoms with Crippen LogP contribution in [0.3, 0.4) is 0 Å². The molecule has 1 atom stereocenters. The van der Waals surface area contributed by atoms with E-state index in [9.17, 15) is 4.79 Å². The number of carbonyl (C=O) groups excluding carboxylic acids is 1. The van der Waals surface area contributed by atoms with Gasteiger partial charge in [0.1, 0.15) is 0 Å². The molecule has 3 N–H and O–H groups in total. The Kier molecular flexibility index (Phi) is 7.03. The summed E-state index contributed by atoms with van der Waals surface area (Å²) in [4.78, 5) is 11.0. The van der Waals surface area contributed by atoms with Gasteiger partial charge in [0.15, 0.2) is 0 Å². The van der Waals surface area contributed by atoms with E-state index < -0.39 is 6.10 Å². The van der Waals surface area contributed by atoms with Crippen molar-refractivity contribution in [1.82, 2.24) is 5.32 Å². The minimum atomic E-state index is -0.725. The number of aliphatic hydroxyl groups is 2. The minimum Gasteiger partial charge on any atom is -0.394 e. The topological polar surface area (TPSA) is 69.6 Å². The van der Waals surface area contributed by atoms with E-state index in [0.717, 1.165) is 0 Å². The highest BCUT2D eigenvalue weighted by Crippen LogP contribution is 2.02. The molecule has 0 saturated heterocycles. The first-order valence-corrected chi connectivity index (χ1v) is 5.37. The number of aliphatic hydroxyl groups excluding tert-OH is 2. The van der Waals surface area contributed by atoms with Gasteiger partial charge in [-0.05, 0) is 13.8 Å². The van der Waals surface area contributed by atoms with Crippen molar-refractivity contribution in [2.24, 2.45) is 0 Å². The quantitative estimate of drug-likeness (QED) is 0.554. The van der Waals surface area contributed by atoms with E-state index in [1.54, 1.807) is 0 Å². The lowest BCUT2D eigenvalue weighted by Crippen LogP contribution is -2.32. The van der Waals surface area contributed by atoms with Crippen molar-refractivity contribution in [1.29, 1.82) is 0 Å². The highest BCUT2D eigenvalue weighted by atomic mass is 32.2. The standard InChI is InChI=1S/C8H17NO3S/c1-6(2)9-8(12)5-13-4-7(11)3-10/h6-7,10-11H,3-5H2,1-2H3,(H,9,12). The van der Waals surface area contributed by atoms with Crippen LogP contribution in [0, 0.1) is 0 Å². The molecule has 0 spiro atoms. The summed E-state index contributed by atoms with van der Waals surface area (Å²) < 4.78 is 0. The van der Waals surface area contributed by atoms with Crippen LogP contribution in [0.25, 0.3) is 0 Å². The summed E-state index contributed by atoms with van der Waals surface area (Å²) in [5.74, 6) is 0.683. The largest absolute Gasteiger partial charge is 0.394 e. The van der Waals surface area contributed by atoms with Crippen LogP contribution in [0.4, 0.5) is 0 Å². The minimum absolute atomic E-state index is 0.0369. The molecule has 0 radical (unpaired) electrons. The second-order valence-corrected chi connectivity index (χ2v) is 4.10. The molecule has 0 aromatic rings. The molecule has 1 amide bonds. The maximum Gasteiger partial charge on any atom is 0.230 e.